The molecule has 1 fully saturated rings. The van der Waals surface area contributed by atoms with E-state index < -0.39 is 10.0 Å². The van der Waals surface area contributed by atoms with Crippen molar-refractivity contribution in [3.8, 4) is 22.6 Å². The molecular weight excluding hydrogens is 526 g/mol. The van der Waals surface area contributed by atoms with Crippen molar-refractivity contribution in [1.82, 2.24) is 4.90 Å². The first-order valence-electron chi connectivity index (χ1n) is 12.9. The van der Waals surface area contributed by atoms with E-state index in [4.69, 9.17) is 9.47 Å². The molecule has 206 valence electrons. The molecule has 0 aliphatic carbocycles. The summed E-state index contributed by atoms with van der Waals surface area (Å²) in [5.41, 5.74) is 4.24. The third-order valence-electron chi connectivity index (χ3n) is 6.90. The van der Waals surface area contributed by atoms with Crippen LogP contribution in [-0.4, -0.2) is 53.1 Å². The van der Waals surface area contributed by atoms with E-state index in [1.165, 1.54) is 0 Å². The minimum absolute atomic E-state index is 0.0183. The zero-order valence-electron chi connectivity index (χ0n) is 22.4. The number of ether oxygens (including phenoxy) is 2. The average Bonchev–Trinajstić information content (AvgIpc) is 2.99. The Bertz CT molecular complexity index is 1570. The summed E-state index contributed by atoms with van der Waals surface area (Å²) in [6.45, 7) is 1.96. The summed E-state index contributed by atoms with van der Waals surface area (Å²) >= 11 is 0. The molecule has 1 saturated heterocycles. The number of nitrogens with zero attached hydrogens (tertiary/aromatic N) is 2. The van der Waals surface area contributed by atoms with Gasteiger partial charge in [-0.05, 0) is 65.2 Å². The number of piperazine rings is 1. The van der Waals surface area contributed by atoms with Crippen molar-refractivity contribution >= 4 is 27.3 Å². The lowest BCUT2D eigenvalue weighted by Crippen LogP contribution is -2.50. The van der Waals surface area contributed by atoms with Gasteiger partial charge in [0, 0.05) is 31.0 Å². The molecule has 8 nitrogen and oxygen atoms in total. The van der Waals surface area contributed by atoms with Crippen molar-refractivity contribution in [2.45, 2.75) is 11.4 Å². The molecule has 0 bridgehead atoms. The SMILES string of the molecule is COc1ccc(CN2CCN(c3ccc(NS(=O)(=O)c4ccc(-c5ccccc5)cc4)cc3)CC2=O)cc1OC. The van der Waals surface area contributed by atoms with E-state index in [0.717, 1.165) is 22.4 Å². The highest BCUT2D eigenvalue weighted by Gasteiger charge is 2.25. The lowest BCUT2D eigenvalue weighted by Gasteiger charge is -2.35. The maximum atomic E-state index is 13.0. The van der Waals surface area contributed by atoms with Gasteiger partial charge in [-0.2, -0.15) is 0 Å². The number of carbonyl (C=O) groups excluding carboxylic acids is 1. The van der Waals surface area contributed by atoms with E-state index in [1.54, 1.807) is 50.6 Å². The Kier molecular flexibility index (Phi) is 7.93. The minimum atomic E-state index is -3.75. The molecule has 4 aromatic carbocycles. The first-order valence-corrected chi connectivity index (χ1v) is 14.4. The molecule has 1 aliphatic heterocycles. The maximum Gasteiger partial charge on any atom is 0.261 e. The zero-order valence-corrected chi connectivity index (χ0v) is 23.2. The van der Waals surface area contributed by atoms with Crippen molar-refractivity contribution in [1.29, 1.82) is 0 Å². The number of anilines is 2. The van der Waals surface area contributed by atoms with Gasteiger partial charge in [0.15, 0.2) is 11.5 Å². The third kappa shape index (κ3) is 6.05. The molecule has 1 amide bonds. The first-order chi connectivity index (χ1) is 19.4. The second-order valence-corrected chi connectivity index (χ2v) is 11.2. The number of hydrogen-bond acceptors (Lipinski definition) is 6. The number of amides is 1. The van der Waals surface area contributed by atoms with E-state index in [-0.39, 0.29) is 17.3 Å². The highest BCUT2D eigenvalue weighted by molar-refractivity contribution is 7.92. The topological polar surface area (TPSA) is 88.2 Å². The Labute approximate surface area is 234 Å². The number of nitrogens with one attached hydrogen (secondary N) is 1. The van der Waals surface area contributed by atoms with Crippen LogP contribution >= 0.6 is 0 Å². The van der Waals surface area contributed by atoms with Gasteiger partial charge >= 0.3 is 0 Å². The van der Waals surface area contributed by atoms with E-state index in [0.29, 0.717) is 36.8 Å². The fraction of sp³-hybridized carbons (Fsp3) is 0.194. The fourth-order valence-electron chi connectivity index (χ4n) is 4.71. The van der Waals surface area contributed by atoms with E-state index >= 15 is 0 Å². The number of benzene rings is 4. The summed E-state index contributed by atoms with van der Waals surface area (Å²) < 4.78 is 39.2. The molecule has 9 heteroatoms. The molecule has 5 rings (SSSR count). The van der Waals surface area contributed by atoms with Crippen LogP contribution in [0.25, 0.3) is 11.1 Å². The second-order valence-electron chi connectivity index (χ2n) is 9.47. The standard InChI is InChI=1S/C31H31N3O5S/c1-38-29-17-8-23(20-30(29)39-2)21-34-19-18-33(22-31(34)35)27-13-11-26(12-14-27)32-40(36,37)28-15-9-25(10-16-28)24-6-4-3-5-7-24/h3-17,20,32H,18-19,21-22H2,1-2H3. The quantitative estimate of drug-likeness (QED) is 0.311. The molecule has 0 aromatic heterocycles. The summed E-state index contributed by atoms with van der Waals surface area (Å²) in [6, 6.07) is 29.3. The van der Waals surface area contributed by atoms with Crippen molar-refractivity contribution in [3.63, 3.8) is 0 Å². The Hall–Kier alpha value is -4.50. The second kappa shape index (κ2) is 11.7. The maximum absolute atomic E-state index is 13.0. The van der Waals surface area contributed by atoms with Gasteiger partial charge in [0.25, 0.3) is 10.0 Å². The van der Waals surface area contributed by atoms with Gasteiger partial charge in [-0.1, -0.05) is 48.5 Å². The molecule has 1 heterocycles. The number of sulfonamides is 1. The highest BCUT2D eigenvalue weighted by atomic mass is 32.2. The predicted octanol–water partition coefficient (Wildman–Crippen LogP) is 5.02. The number of methoxy groups -OCH3 is 2. The van der Waals surface area contributed by atoms with Gasteiger partial charge in [0.2, 0.25) is 5.91 Å². The lowest BCUT2D eigenvalue weighted by atomic mass is 10.1. The summed E-state index contributed by atoms with van der Waals surface area (Å²) in [5, 5.41) is 0. The normalized spacial score (nSPS) is 13.7. The number of carbonyl (C=O) groups is 1. The summed E-state index contributed by atoms with van der Waals surface area (Å²) in [6.07, 6.45) is 0. The highest BCUT2D eigenvalue weighted by Crippen LogP contribution is 2.29. The van der Waals surface area contributed by atoms with Crippen molar-refractivity contribution < 1.29 is 22.7 Å². The lowest BCUT2D eigenvalue weighted by molar-refractivity contribution is -0.131. The van der Waals surface area contributed by atoms with Crippen LogP contribution in [-0.2, 0) is 21.4 Å². The van der Waals surface area contributed by atoms with Gasteiger partial charge in [-0.3, -0.25) is 9.52 Å². The zero-order chi connectivity index (χ0) is 28.1. The van der Waals surface area contributed by atoms with Crippen LogP contribution in [0.2, 0.25) is 0 Å². The minimum Gasteiger partial charge on any atom is -0.493 e. The van der Waals surface area contributed by atoms with Crippen LogP contribution in [0.4, 0.5) is 11.4 Å². The average molecular weight is 558 g/mol. The molecule has 4 aromatic rings. The van der Waals surface area contributed by atoms with Gasteiger partial charge in [0.05, 0.1) is 25.7 Å². The summed E-state index contributed by atoms with van der Waals surface area (Å²) in [5.74, 6) is 1.30. The monoisotopic (exact) mass is 557 g/mol. The van der Waals surface area contributed by atoms with Crippen LogP contribution in [0.3, 0.4) is 0 Å². The third-order valence-corrected chi connectivity index (χ3v) is 8.29. The fourth-order valence-corrected chi connectivity index (χ4v) is 5.77. The van der Waals surface area contributed by atoms with Crippen LogP contribution < -0.4 is 19.1 Å². The summed E-state index contributed by atoms with van der Waals surface area (Å²) in [7, 11) is -0.568. The van der Waals surface area contributed by atoms with Gasteiger partial charge in [0.1, 0.15) is 0 Å². The predicted molar refractivity (Wildman–Crippen MR) is 156 cm³/mol. The van der Waals surface area contributed by atoms with Crippen molar-refractivity contribution in [3.05, 3.63) is 103 Å². The Morgan fingerprint density at radius 2 is 1.45 bits per heavy atom. The molecule has 0 unspecified atom stereocenters. The largest absolute Gasteiger partial charge is 0.493 e. The van der Waals surface area contributed by atoms with Gasteiger partial charge in [-0.25, -0.2) is 8.42 Å². The van der Waals surface area contributed by atoms with E-state index in [2.05, 4.69) is 4.72 Å². The molecule has 0 radical (unpaired) electrons. The Balaban J connectivity index is 1.19. The first kappa shape index (κ1) is 27.1. The summed E-state index contributed by atoms with van der Waals surface area (Å²) in [4.78, 5) is 16.9. The van der Waals surface area contributed by atoms with Crippen LogP contribution in [0, 0.1) is 0 Å². The van der Waals surface area contributed by atoms with Crippen molar-refractivity contribution in [2.24, 2.45) is 0 Å². The molecular formula is C31H31N3O5S. The van der Waals surface area contributed by atoms with E-state index in [9.17, 15) is 13.2 Å². The molecule has 1 N–H and O–H groups in total. The molecule has 0 spiro atoms. The van der Waals surface area contributed by atoms with Gasteiger partial charge < -0.3 is 19.3 Å². The van der Waals surface area contributed by atoms with Crippen LogP contribution in [0.15, 0.2) is 102 Å². The van der Waals surface area contributed by atoms with E-state index in [1.807, 2.05) is 70.5 Å². The molecule has 40 heavy (non-hydrogen) atoms. The van der Waals surface area contributed by atoms with Gasteiger partial charge in [-0.15, -0.1) is 0 Å². The molecule has 1 aliphatic rings. The molecule has 0 saturated carbocycles. The Morgan fingerprint density at radius 1 is 0.775 bits per heavy atom. The number of rotatable bonds is 9. The smallest absolute Gasteiger partial charge is 0.261 e. The van der Waals surface area contributed by atoms with Crippen molar-refractivity contribution in [2.75, 3.05) is 43.5 Å². The van der Waals surface area contributed by atoms with Crippen LogP contribution in [0.1, 0.15) is 5.56 Å². The number of hydrogen-bond donors (Lipinski definition) is 1. The van der Waals surface area contributed by atoms with Crippen LogP contribution in [0.5, 0.6) is 11.5 Å². The molecule has 0 atom stereocenters. The Morgan fingerprint density at radius 3 is 2.10 bits per heavy atom.